The second-order valence-electron chi connectivity index (χ2n) is 8.57. The Bertz CT molecular complexity index is 1350. The molecule has 2 N–H and O–H groups in total. The first-order chi connectivity index (χ1) is 18.2. The van der Waals surface area contributed by atoms with Crippen molar-refractivity contribution in [3.63, 3.8) is 0 Å². The van der Waals surface area contributed by atoms with Crippen LogP contribution in [0.1, 0.15) is 40.9 Å². The molecule has 3 aromatic rings. The quantitative estimate of drug-likeness (QED) is 0.260. The summed E-state index contributed by atoms with van der Waals surface area (Å²) in [5.41, 5.74) is 4.77. The molecule has 0 aromatic heterocycles. The van der Waals surface area contributed by atoms with Gasteiger partial charge in [0.2, 0.25) is 0 Å². The Morgan fingerprint density at radius 1 is 1.13 bits per heavy atom. The lowest BCUT2D eigenvalue weighted by Gasteiger charge is -2.20. The van der Waals surface area contributed by atoms with Gasteiger partial charge in [-0.3, -0.25) is 9.59 Å². The standard InChI is InChI=1S/C28H26BrFN4O4/c1-17(2)25(33-27(35)21-8-10-22(30)11-9-21)28(36)34-32-15-20-12-23(29)26(24(13-20)37-3)38-16-19-6-4-18(14-31)5-7-19/h4-13,15,17,25H,16H2,1-3H3,(H,33,35)(H,34,36)/b32-15+. The van der Waals surface area contributed by atoms with Gasteiger partial charge in [-0.15, -0.1) is 0 Å². The maximum atomic E-state index is 13.1. The molecule has 0 aliphatic heterocycles. The van der Waals surface area contributed by atoms with E-state index in [1.807, 2.05) is 12.1 Å². The molecule has 3 aromatic carbocycles. The predicted molar refractivity (Wildman–Crippen MR) is 144 cm³/mol. The highest BCUT2D eigenvalue weighted by molar-refractivity contribution is 9.10. The van der Waals surface area contributed by atoms with Gasteiger partial charge in [0.1, 0.15) is 18.5 Å². The van der Waals surface area contributed by atoms with Gasteiger partial charge in [-0.05, 0) is 81.5 Å². The van der Waals surface area contributed by atoms with E-state index in [1.165, 1.54) is 37.6 Å². The summed E-state index contributed by atoms with van der Waals surface area (Å²) in [7, 11) is 1.51. The van der Waals surface area contributed by atoms with Crippen LogP contribution in [0.3, 0.4) is 0 Å². The summed E-state index contributed by atoms with van der Waals surface area (Å²) in [5.74, 6) is -0.735. The van der Waals surface area contributed by atoms with Crippen molar-refractivity contribution < 1.29 is 23.5 Å². The number of halogens is 2. The third-order valence-corrected chi connectivity index (χ3v) is 6.04. The minimum atomic E-state index is -0.857. The van der Waals surface area contributed by atoms with Crippen LogP contribution in [-0.4, -0.2) is 31.2 Å². The lowest BCUT2D eigenvalue weighted by Crippen LogP contribution is -2.48. The minimum Gasteiger partial charge on any atom is -0.493 e. The number of amides is 2. The predicted octanol–water partition coefficient (Wildman–Crippen LogP) is 4.95. The van der Waals surface area contributed by atoms with E-state index in [2.05, 4.69) is 37.8 Å². The fraction of sp³-hybridized carbons (Fsp3) is 0.214. The summed E-state index contributed by atoms with van der Waals surface area (Å²) in [6.07, 6.45) is 1.44. The molecule has 0 bridgehead atoms. The lowest BCUT2D eigenvalue weighted by atomic mass is 10.0. The lowest BCUT2D eigenvalue weighted by molar-refractivity contribution is -0.123. The van der Waals surface area contributed by atoms with E-state index >= 15 is 0 Å². The SMILES string of the molecule is COc1cc(/C=N/NC(=O)C(NC(=O)c2ccc(F)cc2)C(C)C)cc(Br)c1OCc1ccc(C#N)cc1. The van der Waals surface area contributed by atoms with Crippen molar-refractivity contribution in [2.24, 2.45) is 11.0 Å². The van der Waals surface area contributed by atoms with Gasteiger partial charge in [-0.25, -0.2) is 9.82 Å². The number of ether oxygens (including phenoxy) is 2. The Morgan fingerprint density at radius 3 is 2.42 bits per heavy atom. The highest BCUT2D eigenvalue weighted by Gasteiger charge is 2.24. The molecule has 2 amide bonds. The van der Waals surface area contributed by atoms with Crippen molar-refractivity contribution in [1.29, 1.82) is 5.26 Å². The van der Waals surface area contributed by atoms with Gasteiger partial charge >= 0.3 is 0 Å². The van der Waals surface area contributed by atoms with E-state index in [9.17, 15) is 14.0 Å². The highest BCUT2D eigenvalue weighted by Crippen LogP contribution is 2.36. The number of nitrogens with one attached hydrogen (secondary N) is 2. The summed E-state index contributed by atoms with van der Waals surface area (Å²) in [6.45, 7) is 3.85. The first kappa shape index (κ1) is 28.3. The molecule has 8 nitrogen and oxygen atoms in total. The Balaban J connectivity index is 1.65. The Hall–Kier alpha value is -4.23. The zero-order chi connectivity index (χ0) is 27.7. The van der Waals surface area contributed by atoms with E-state index in [-0.39, 0.29) is 18.1 Å². The van der Waals surface area contributed by atoms with Crippen LogP contribution in [0.5, 0.6) is 11.5 Å². The first-order valence-corrected chi connectivity index (χ1v) is 12.4. The number of hydrazone groups is 1. The molecule has 38 heavy (non-hydrogen) atoms. The second kappa shape index (κ2) is 13.4. The number of carbonyl (C=O) groups is 2. The summed E-state index contributed by atoms with van der Waals surface area (Å²) in [6, 6.07) is 16.8. The van der Waals surface area contributed by atoms with Gasteiger partial charge in [0.05, 0.1) is 29.4 Å². The molecule has 0 heterocycles. The van der Waals surface area contributed by atoms with E-state index < -0.39 is 23.7 Å². The van der Waals surface area contributed by atoms with Gasteiger partial charge in [-0.2, -0.15) is 10.4 Å². The average Bonchev–Trinajstić information content (AvgIpc) is 2.91. The van der Waals surface area contributed by atoms with Gasteiger partial charge in [0.25, 0.3) is 11.8 Å². The molecule has 0 aliphatic rings. The van der Waals surface area contributed by atoms with Gasteiger partial charge in [-0.1, -0.05) is 26.0 Å². The maximum absolute atomic E-state index is 13.1. The molecule has 0 radical (unpaired) electrons. The van der Waals surface area contributed by atoms with E-state index in [0.29, 0.717) is 27.1 Å². The largest absolute Gasteiger partial charge is 0.493 e. The van der Waals surface area contributed by atoms with Crippen molar-refractivity contribution in [2.75, 3.05) is 7.11 Å². The molecular weight excluding hydrogens is 555 g/mol. The zero-order valence-electron chi connectivity index (χ0n) is 21.0. The second-order valence-corrected chi connectivity index (χ2v) is 9.42. The van der Waals surface area contributed by atoms with Gasteiger partial charge in [0.15, 0.2) is 11.5 Å². The molecule has 0 fully saturated rings. The summed E-state index contributed by atoms with van der Waals surface area (Å²) in [4.78, 5) is 25.2. The van der Waals surface area contributed by atoms with Crippen molar-refractivity contribution in [3.8, 4) is 17.6 Å². The number of methoxy groups -OCH3 is 1. The molecule has 0 saturated heterocycles. The molecule has 0 saturated carbocycles. The van der Waals surface area contributed by atoms with Crippen molar-refractivity contribution in [3.05, 3.63) is 93.2 Å². The number of nitrogens with zero attached hydrogens (tertiary/aromatic N) is 2. The summed E-state index contributed by atoms with van der Waals surface area (Å²) >= 11 is 3.48. The van der Waals surface area contributed by atoms with Crippen LogP contribution >= 0.6 is 15.9 Å². The maximum Gasteiger partial charge on any atom is 0.262 e. The number of benzene rings is 3. The molecule has 10 heteroatoms. The van der Waals surface area contributed by atoms with Crippen molar-refractivity contribution >= 4 is 34.0 Å². The third kappa shape index (κ3) is 7.63. The number of nitriles is 1. The average molecular weight is 581 g/mol. The molecule has 0 aliphatic carbocycles. The Labute approximate surface area is 228 Å². The number of carbonyl (C=O) groups excluding carboxylic acids is 2. The molecular formula is C28H26BrFN4O4. The zero-order valence-corrected chi connectivity index (χ0v) is 22.6. The van der Waals surface area contributed by atoms with Crippen LogP contribution in [0.2, 0.25) is 0 Å². The van der Waals surface area contributed by atoms with Crippen LogP contribution in [-0.2, 0) is 11.4 Å². The van der Waals surface area contributed by atoms with Gasteiger partial charge in [0, 0.05) is 5.56 Å². The molecule has 1 atom stereocenters. The topological polar surface area (TPSA) is 113 Å². The summed E-state index contributed by atoms with van der Waals surface area (Å²) < 4.78 is 25.1. The van der Waals surface area contributed by atoms with E-state index in [4.69, 9.17) is 14.7 Å². The fourth-order valence-corrected chi connectivity index (χ4v) is 3.96. The van der Waals surface area contributed by atoms with Crippen LogP contribution in [0, 0.1) is 23.1 Å². The van der Waals surface area contributed by atoms with Crippen molar-refractivity contribution in [1.82, 2.24) is 10.7 Å². The first-order valence-electron chi connectivity index (χ1n) is 11.6. The monoisotopic (exact) mass is 580 g/mol. The minimum absolute atomic E-state index is 0.226. The van der Waals surface area contributed by atoms with Crippen LogP contribution in [0.15, 0.2) is 70.2 Å². The number of hydrogen-bond acceptors (Lipinski definition) is 6. The molecule has 0 spiro atoms. The van der Waals surface area contributed by atoms with Crippen LogP contribution in [0.25, 0.3) is 0 Å². The molecule has 1 unspecified atom stereocenters. The Kier molecular flexibility index (Phi) is 9.96. The van der Waals surface area contributed by atoms with E-state index in [0.717, 1.165) is 5.56 Å². The molecule has 3 rings (SSSR count). The fourth-order valence-electron chi connectivity index (χ4n) is 3.39. The van der Waals surface area contributed by atoms with Crippen LogP contribution in [0.4, 0.5) is 4.39 Å². The van der Waals surface area contributed by atoms with Crippen molar-refractivity contribution in [2.45, 2.75) is 26.5 Å². The smallest absolute Gasteiger partial charge is 0.262 e. The molecule has 196 valence electrons. The number of hydrogen-bond donors (Lipinski definition) is 2. The summed E-state index contributed by atoms with van der Waals surface area (Å²) in [5, 5.41) is 15.6. The Morgan fingerprint density at radius 2 is 1.82 bits per heavy atom. The van der Waals surface area contributed by atoms with Gasteiger partial charge < -0.3 is 14.8 Å². The van der Waals surface area contributed by atoms with E-state index in [1.54, 1.807) is 38.1 Å². The third-order valence-electron chi connectivity index (χ3n) is 5.45. The normalized spacial score (nSPS) is 11.6. The van der Waals surface area contributed by atoms with Crippen LogP contribution < -0.4 is 20.2 Å². The highest BCUT2D eigenvalue weighted by atomic mass is 79.9. The number of rotatable bonds is 10.